The summed E-state index contributed by atoms with van der Waals surface area (Å²) in [7, 11) is 1.30. The molecule has 4 aromatic rings. The van der Waals surface area contributed by atoms with Gasteiger partial charge in [0.25, 0.3) is 5.91 Å². The van der Waals surface area contributed by atoms with Crippen LogP contribution in [-0.4, -0.2) is 24.0 Å². The van der Waals surface area contributed by atoms with Gasteiger partial charge in [0.05, 0.1) is 35.1 Å². The second-order valence-corrected chi connectivity index (χ2v) is 7.01. The van der Waals surface area contributed by atoms with Crippen LogP contribution >= 0.6 is 11.6 Å². The molecule has 0 saturated carbocycles. The van der Waals surface area contributed by atoms with Crippen LogP contribution in [0.5, 0.6) is 0 Å². The van der Waals surface area contributed by atoms with Gasteiger partial charge >= 0.3 is 5.97 Å². The molecule has 1 amide bonds. The van der Waals surface area contributed by atoms with Crippen molar-refractivity contribution in [3.05, 3.63) is 95.0 Å². The molecule has 1 aromatic heterocycles. The largest absolute Gasteiger partial charge is 0.465 e. The first-order valence-corrected chi connectivity index (χ1v) is 9.59. The van der Waals surface area contributed by atoms with E-state index in [1.165, 1.54) is 7.11 Å². The summed E-state index contributed by atoms with van der Waals surface area (Å²) in [6.45, 7) is 0. The molecule has 4 rings (SSSR count). The molecule has 0 unspecified atom stereocenters. The Kier molecular flexibility index (Phi) is 5.46. The smallest absolute Gasteiger partial charge is 0.339 e. The number of pyridine rings is 1. The third kappa shape index (κ3) is 3.88. The predicted octanol–water partition coefficient (Wildman–Crippen LogP) is 5.59. The first-order valence-electron chi connectivity index (χ1n) is 9.21. The number of hydrogen-bond acceptors (Lipinski definition) is 4. The Balaban J connectivity index is 1.79. The summed E-state index contributed by atoms with van der Waals surface area (Å²) in [5.41, 5.74) is 3.29. The number of amides is 1. The number of fused-ring (bicyclic) bond motifs is 1. The number of carbonyl (C=O) groups is 2. The summed E-state index contributed by atoms with van der Waals surface area (Å²) in [6, 6.07) is 23.1. The molecule has 0 spiro atoms. The number of methoxy groups -OCH3 is 1. The van der Waals surface area contributed by atoms with Gasteiger partial charge in [0, 0.05) is 16.0 Å². The molecule has 148 valence electrons. The van der Waals surface area contributed by atoms with E-state index in [2.05, 4.69) is 10.3 Å². The van der Waals surface area contributed by atoms with E-state index < -0.39 is 5.97 Å². The van der Waals surface area contributed by atoms with E-state index in [9.17, 15) is 9.59 Å². The number of esters is 1. The molecule has 1 N–H and O–H groups in total. The van der Waals surface area contributed by atoms with Crippen LogP contribution in [0.2, 0.25) is 5.02 Å². The van der Waals surface area contributed by atoms with Gasteiger partial charge in [0.1, 0.15) is 0 Å². The minimum Gasteiger partial charge on any atom is -0.465 e. The lowest BCUT2D eigenvalue weighted by molar-refractivity contribution is 0.0602. The Labute approximate surface area is 178 Å². The maximum atomic E-state index is 13.2. The summed E-state index contributed by atoms with van der Waals surface area (Å²) in [4.78, 5) is 29.9. The fraction of sp³-hybridized carbons (Fsp3) is 0.0417. The Hall–Kier alpha value is -3.70. The highest BCUT2D eigenvalue weighted by Crippen LogP contribution is 2.27. The highest BCUT2D eigenvalue weighted by molar-refractivity contribution is 6.30. The summed E-state index contributed by atoms with van der Waals surface area (Å²) in [5.74, 6) is -0.868. The zero-order chi connectivity index (χ0) is 21.1. The van der Waals surface area contributed by atoms with Gasteiger partial charge in [0.2, 0.25) is 0 Å². The zero-order valence-corrected chi connectivity index (χ0v) is 16.8. The fourth-order valence-corrected chi connectivity index (χ4v) is 3.33. The number of rotatable bonds is 4. The third-order valence-corrected chi connectivity index (χ3v) is 4.93. The van der Waals surface area contributed by atoms with E-state index in [0.29, 0.717) is 32.9 Å². The molecule has 0 radical (unpaired) electrons. The lowest BCUT2D eigenvalue weighted by atomic mass is 10.0. The Morgan fingerprint density at radius 2 is 1.60 bits per heavy atom. The van der Waals surface area contributed by atoms with Crippen LogP contribution in [-0.2, 0) is 4.74 Å². The SMILES string of the molecule is COC(=O)c1ccccc1NC(=O)c1cc(-c2ccc(Cl)cc2)nc2ccccc12. The lowest BCUT2D eigenvalue weighted by Crippen LogP contribution is -2.16. The first kappa shape index (κ1) is 19.6. The van der Waals surface area contributed by atoms with E-state index in [-0.39, 0.29) is 11.5 Å². The highest BCUT2D eigenvalue weighted by Gasteiger charge is 2.17. The molecule has 0 aliphatic heterocycles. The highest BCUT2D eigenvalue weighted by atomic mass is 35.5. The van der Waals surface area contributed by atoms with Crippen LogP contribution in [0.4, 0.5) is 5.69 Å². The third-order valence-electron chi connectivity index (χ3n) is 4.68. The number of ether oxygens (including phenoxy) is 1. The predicted molar refractivity (Wildman–Crippen MR) is 118 cm³/mol. The van der Waals surface area contributed by atoms with Gasteiger partial charge in [-0.05, 0) is 36.4 Å². The van der Waals surface area contributed by atoms with Crippen LogP contribution < -0.4 is 5.32 Å². The number of halogens is 1. The van der Waals surface area contributed by atoms with Crippen molar-refractivity contribution in [2.75, 3.05) is 12.4 Å². The number of para-hydroxylation sites is 2. The van der Waals surface area contributed by atoms with Crippen molar-refractivity contribution in [2.45, 2.75) is 0 Å². The lowest BCUT2D eigenvalue weighted by Gasteiger charge is -2.12. The topological polar surface area (TPSA) is 68.3 Å². The van der Waals surface area contributed by atoms with Crippen LogP contribution in [0.15, 0.2) is 78.9 Å². The molecule has 0 atom stereocenters. The van der Waals surface area contributed by atoms with Crippen molar-refractivity contribution in [1.29, 1.82) is 0 Å². The molecule has 3 aromatic carbocycles. The zero-order valence-electron chi connectivity index (χ0n) is 16.1. The number of aromatic nitrogens is 1. The summed E-state index contributed by atoms with van der Waals surface area (Å²) >= 11 is 6.00. The molecular weight excluding hydrogens is 400 g/mol. The van der Waals surface area contributed by atoms with Gasteiger partial charge in [0.15, 0.2) is 0 Å². The normalized spacial score (nSPS) is 10.6. The van der Waals surface area contributed by atoms with E-state index in [4.69, 9.17) is 16.3 Å². The fourth-order valence-electron chi connectivity index (χ4n) is 3.20. The molecule has 30 heavy (non-hydrogen) atoms. The summed E-state index contributed by atoms with van der Waals surface area (Å²) in [6.07, 6.45) is 0. The van der Waals surface area contributed by atoms with Gasteiger partial charge in [-0.3, -0.25) is 4.79 Å². The maximum Gasteiger partial charge on any atom is 0.339 e. The maximum absolute atomic E-state index is 13.2. The van der Waals surface area contributed by atoms with Gasteiger partial charge in [-0.15, -0.1) is 0 Å². The van der Waals surface area contributed by atoms with E-state index in [1.54, 1.807) is 42.5 Å². The molecular formula is C24H17ClN2O3. The minimum absolute atomic E-state index is 0.282. The van der Waals surface area contributed by atoms with Crippen molar-refractivity contribution in [2.24, 2.45) is 0 Å². The number of nitrogens with one attached hydrogen (secondary N) is 1. The molecule has 6 heteroatoms. The van der Waals surface area contributed by atoms with Crippen LogP contribution in [0, 0.1) is 0 Å². The minimum atomic E-state index is -0.521. The van der Waals surface area contributed by atoms with Crippen molar-refractivity contribution < 1.29 is 14.3 Å². The van der Waals surface area contributed by atoms with Crippen molar-refractivity contribution in [3.8, 4) is 11.3 Å². The molecule has 0 fully saturated rings. The summed E-state index contributed by atoms with van der Waals surface area (Å²) in [5, 5.41) is 4.17. The monoisotopic (exact) mass is 416 g/mol. The van der Waals surface area contributed by atoms with Crippen LogP contribution in [0.1, 0.15) is 20.7 Å². The first-order chi connectivity index (χ1) is 14.6. The number of hydrogen-bond donors (Lipinski definition) is 1. The molecule has 0 aliphatic carbocycles. The van der Waals surface area contributed by atoms with E-state index in [0.717, 1.165) is 5.56 Å². The number of carbonyl (C=O) groups excluding carboxylic acids is 2. The van der Waals surface area contributed by atoms with Crippen molar-refractivity contribution >= 4 is 40.1 Å². The molecule has 5 nitrogen and oxygen atoms in total. The van der Waals surface area contributed by atoms with Crippen molar-refractivity contribution in [1.82, 2.24) is 4.98 Å². The van der Waals surface area contributed by atoms with Gasteiger partial charge in [-0.1, -0.05) is 54.1 Å². The number of benzene rings is 3. The Bertz CT molecular complexity index is 1250. The van der Waals surface area contributed by atoms with Gasteiger partial charge in [-0.2, -0.15) is 0 Å². The Morgan fingerprint density at radius 1 is 0.900 bits per heavy atom. The van der Waals surface area contributed by atoms with Crippen molar-refractivity contribution in [3.63, 3.8) is 0 Å². The average molecular weight is 417 g/mol. The van der Waals surface area contributed by atoms with Crippen LogP contribution in [0.3, 0.4) is 0 Å². The molecule has 1 heterocycles. The van der Waals surface area contributed by atoms with Gasteiger partial charge in [-0.25, -0.2) is 9.78 Å². The van der Waals surface area contributed by atoms with Gasteiger partial charge < -0.3 is 10.1 Å². The van der Waals surface area contributed by atoms with Crippen LogP contribution in [0.25, 0.3) is 22.2 Å². The molecule has 0 aliphatic rings. The summed E-state index contributed by atoms with van der Waals surface area (Å²) < 4.78 is 4.81. The standard InChI is InChI=1S/C24H17ClN2O3/c1-30-24(29)18-7-3-5-9-21(18)27-23(28)19-14-22(15-10-12-16(25)13-11-15)26-20-8-4-2-6-17(19)20/h2-14H,1H3,(H,27,28). The quantitative estimate of drug-likeness (QED) is 0.440. The average Bonchev–Trinajstić information content (AvgIpc) is 2.78. The second-order valence-electron chi connectivity index (χ2n) is 6.57. The number of anilines is 1. The molecule has 0 saturated heterocycles. The Morgan fingerprint density at radius 3 is 2.37 bits per heavy atom. The molecule has 0 bridgehead atoms. The number of nitrogens with zero attached hydrogens (tertiary/aromatic N) is 1. The van der Waals surface area contributed by atoms with E-state index >= 15 is 0 Å². The second kappa shape index (κ2) is 8.35. The van der Waals surface area contributed by atoms with E-state index in [1.807, 2.05) is 36.4 Å².